The topological polar surface area (TPSA) is 84.2 Å². The van der Waals surface area contributed by atoms with Crippen LogP contribution < -0.4 is 5.32 Å². The Morgan fingerprint density at radius 3 is 2.65 bits per heavy atom. The SMILES string of the molecule is CCC(C)(NC(=O)C(C)n1cccn1)C(=O)O. The third kappa shape index (κ3) is 2.83. The van der Waals surface area contributed by atoms with Crippen molar-refractivity contribution in [1.82, 2.24) is 15.1 Å². The predicted octanol–water partition coefficient (Wildman–Crippen LogP) is 0.814. The summed E-state index contributed by atoms with van der Waals surface area (Å²) in [6.07, 6.45) is 3.55. The number of nitrogens with zero attached hydrogens (tertiary/aromatic N) is 2. The first-order valence-corrected chi connectivity index (χ1v) is 5.45. The van der Waals surface area contributed by atoms with Gasteiger partial charge in [0.25, 0.3) is 0 Å². The number of hydrogen-bond acceptors (Lipinski definition) is 3. The standard InChI is InChI=1S/C11H17N3O3/c1-4-11(3,10(16)17)13-9(15)8(2)14-7-5-6-12-14/h5-8H,4H2,1-3H3,(H,13,15)(H,16,17). The maximum atomic E-state index is 11.9. The van der Waals surface area contributed by atoms with Crippen molar-refractivity contribution in [3.05, 3.63) is 18.5 Å². The van der Waals surface area contributed by atoms with Gasteiger partial charge in [0, 0.05) is 12.4 Å². The van der Waals surface area contributed by atoms with Gasteiger partial charge < -0.3 is 10.4 Å². The van der Waals surface area contributed by atoms with Crippen LogP contribution >= 0.6 is 0 Å². The summed E-state index contributed by atoms with van der Waals surface area (Å²) in [5.74, 6) is -1.40. The molecule has 0 spiro atoms. The smallest absolute Gasteiger partial charge is 0.329 e. The van der Waals surface area contributed by atoms with Crippen LogP contribution in [-0.4, -0.2) is 32.3 Å². The van der Waals surface area contributed by atoms with Crippen LogP contribution in [0.2, 0.25) is 0 Å². The number of aromatic nitrogens is 2. The Kier molecular flexibility index (Phi) is 3.88. The first-order chi connectivity index (χ1) is 7.90. The maximum Gasteiger partial charge on any atom is 0.329 e. The van der Waals surface area contributed by atoms with Crippen molar-refractivity contribution in [2.75, 3.05) is 0 Å². The van der Waals surface area contributed by atoms with Crippen molar-refractivity contribution >= 4 is 11.9 Å². The van der Waals surface area contributed by atoms with Crippen molar-refractivity contribution in [2.24, 2.45) is 0 Å². The van der Waals surface area contributed by atoms with Crippen LogP contribution in [0, 0.1) is 0 Å². The molecule has 0 aliphatic rings. The van der Waals surface area contributed by atoms with Crippen LogP contribution in [0.4, 0.5) is 0 Å². The van der Waals surface area contributed by atoms with E-state index in [-0.39, 0.29) is 5.91 Å². The Morgan fingerprint density at radius 2 is 2.24 bits per heavy atom. The molecule has 2 N–H and O–H groups in total. The molecule has 1 amide bonds. The van der Waals surface area contributed by atoms with Gasteiger partial charge in [-0.15, -0.1) is 0 Å². The highest BCUT2D eigenvalue weighted by Crippen LogP contribution is 2.12. The van der Waals surface area contributed by atoms with Gasteiger partial charge in [-0.05, 0) is 26.3 Å². The number of amides is 1. The van der Waals surface area contributed by atoms with E-state index in [4.69, 9.17) is 5.11 Å². The number of hydrogen-bond donors (Lipinski definition) is 2. The van der Waals surface area contributed by atoms with Crippen molar-refractivity contribution in [3.8, 4) is 0 Å². The molecule has 0 saturated heterocycles. The quantitative estimate of drug-likeness (QED) is 0.796. The molecule has 2 atom stereocenters. The summed E-state index contributed by atoms with van der Waals surface area (Å²) in [6, 6.07) is 1.18. The minimum Gasteiger partial charge on any atom is -0.480 e. The van der Waals surface area contributed by atoms with Crippen molar-refractivity contribution in [3.63, 3.8) is 0 Å². The highest BCUT2D eigenvalue weighted by molar-refractivity contribution is 5.88. The molecule has 0 aliphatic heterocycles. The minimum atomic E-state index is -1.24. The van der Waals surface area contributed by atoms with Crippen molar-refractivity contribution in [2.45, 2.75) is 38.8 Å². The lowest BCUT2D eigenvalue weighted by atomic mass is 9.99. The van der Waals surface area contributed by atoms with Gasteiger partial charge >= 0.3 is 5.97 Å². The number of carboxylic acids is 1. The zero-order chi connectivity index (χ0) is 13.1. The largest absolute Gasteiger partial charge is 0.480 e. The first kappa shape index (κ1) is 13.2. The third-order valence-corrected chi connectivity index (χ3v) is 2.88. The minimum absolute atomic E-state index is 0.319. The Labute approximate surface area is 99.6 Å². The second-order valence-electron chi connectivity index (χ2n) is 4.14. The average molecular weight is 239 g/mol. The molecule has 94 valence electrons. The van der Waals surface area contributed by atoms with Crippen LogP contribution in [0.1, 0.15) is 33.2 Å². The molecule has 1 aromatic rings. The van der Waals surface area contributed by atoms with Crippen LogP contribution in [0.15, 0.2) is 18.5 Å². The molecule has 1 rings (SSSR count). The van der Waals surface area contributed by atoms with E-state index in [1.165, 1.54) is 11.6 Å². The Bertz CT molecular complexity index is 402. The molecule has 6 heteroatoms. The maximum absolute atomic E-state index is 11.9. The van der Waals surface area contributed by atoms with Crippen molar-refractivity contribution < 1.29 is 14.7 Å². The Balaban J connectivity index is 2.75. The van der Waals surface area contributed by atoms with Gasteiger partial charge in [0.1, 0.15) is 11.6 Å². The second-order valence-corrected chi connectivity index (χ2v) is 4.14. The molecule has 1 aromatic heterocycles. The fraction of sp³-hybridized carbons (Fsp3) is 0.545. The van der Waals surface area contributed by atoms with Gasteiger partial charge in [-0.25, -0.2) is 4.79 Å². The Morgan fingerprint density at radius 1 is 1.59 bits per heavy atom. The number of nitrogens with one attached hydrogen (secondary N) is 1. The third-order valence-electron chi connectivity index (χ3n) is 2.88. The number of rotatable bonds is 5. The van der Waals surface area contributed by atoms with E-state index in [1.807, 2.05) is 0 Å². The summed E-state index contributed by atoms with van der Waals surface area (Å²) in [5.41, 5.74) is -1.24. The Hall–Kier alpha value is -1.85. The fourth-order valence-corrected chi connectivity index (χ4v) is 1.30. The molecular formula is C11H17N3O3. The van der Waals surface area contributed by atoms with Crippen LogP contribution in [-0.2, 0) is 9.59 Å². The molecule has 0 aliphatic carbocycles. The number of carbonyl (C=O) groups is 2. The number of carbonyl (C=O) groups excluding carboxylic acids is 1. The molecule has 0 fully saturated rings. The lowest BCUT2D eigenvalue weighted by Gasteiger charge is -2.26. The van der Waals surface area contributed by atoms with Gasteiger partial charge in [-0.2, -0.15) is 5.10 Å². The first-order valence-electron chi connectivity index (χ1n) is 5.45. The summed E-state index contributed by atoms with van der Waals surface area (Å²) < 4.78 is 1.48. The van der Waals surface area contributed by atoms with Crippen molar-refractivity contribution in [1.29, 1.82) is 0 Å². The zero-order valence-electron chi connectivity index (χ0n) is 10.2. The van der Waals surface area contributed by atoms with Crippen LogP contribution in [0.5, 0.6) is 0 Å². The number of aliphatic carboxylic acids is 1. The van der Waals surface area contributed by atoms with Gasteiger partial charge in [-0.1, -0.05) is 6.92 Å². The molecular weight excluding hydrogens is 222 g/mol. The molecule has 1 heterocycles. The second kappa shape index (κ2) is 4.99. The normalized spacial score (nSPS) is 15.9. The van der Waals surface area contributed by atoms with E-state index in [2.05, 4.69) is 10.4 Å². The molecule has 0 radical (unpaired) electrons. The van der Waals surface area contributed by atoms with Crippen LogP contribution in [0.25, 0.3) is 0 Å². The fourth-order valence-electron chi connectivity index (χ4n) is 1.30. The zero-order valence-corrected chi connectivity index (χ0v) is 10.2. The van der Waals surface area contributed by atoms with Crippen LogP contribution in [0.3, 0.4) is 0 Å². The highest BCUT2D eigenvalue weighted by atomic mass is 16.4. The molecule has 0 bridgehead atoms. The van der Waals surface area contributed by atoms with Gasteiger partial charge in [-0.3, -0.25) is 9.48 Å². The average Bonchev–Trinajstić information content (AvgIpc) is 2.80. The van der Waals surface area contributed by atoms with E-state index < -0.39 is 17.6 Å². The molecule has 2 unspecified atom stereocenters. The van der Waals surface area contributed by atoms with E-state index in [0.717, 1.165) is 0 Å². The lowest BCUT2D eigenvalue weighted by molar-refractivity contribution is -0.147. The molecule has 17 heavy (non-hydrogen) atoms. The monoisotopic (exact) mass is 239 g/mol. The number of carboxylic acid groups (broad SMARTS) is 1. The van der Waals surface area contributed by atoms with Gasteiger partial charge in [0.15, 0.2) is 0 Å². The molecule has 0 aromatic carbocycles. The van der Waals surface area contributed by atoms with E-state index in [1.54, 1.807) is 32.3 Å². The molecule has 0 saturated carbocycles. The summed E-state index contributed by atoms with van der Waals surface area (Å²) in [5, 5.41) is 15.5. The summed E-state index contributed by atoms with van der Waals surface area (Å²) in [4.78, 5) is 22.9. The summed E-state index contributed by atoms with van der Waals surface area (Å²) in [6.45, 7) is 4.87. The van der Waals surface area contributed by atoms with Gasteiger partial charge in [0.05, 0.1) is 0 Å². The predicted molar refractivity (Wildman–Crippen MR) is 61.4 cm³/mol. The molecule has 6 nitrogen and oxygen atoms in total. The van der Waals surface area contributed by atoms with E-state index in [9.17, 15) is 9.59 Å². The van der Waals surface area contributed by atoms with Gasteiger partial charge in [0.2, 0.25) is 5.91 Å². The summed E-state index contributed by atoms with van der Waals surface area (Å²) in [7, 11) is 0. The lowest BCUT2D eigenvalue weighted by Crippen LogP contribution is -2.53. The van der Waals surface area contributed by atoms with E-state index in [0.29, 0.717) is 6.42 Å². The highest BCUT2D eigenvalue weighted by Gasteiger charge is 2.34. The summed E-state index contributed by atoms with van der Waals surface area (Å²) >= 11 is 0. The van der Waals surface area contributed by atoms with E-state index >= 15 is 0 Å².